The van der Waals surface area contributed by atoms with Crippen LogP contribution in [0.1, 0.15) is 16.1 Å². The Hall–Kier alpha value is -2.60. The van der Waals surface area contributed by atoms with Gasteiger partial charge in [0.25, 0.3) is 5.91 Å². The molecular formula is C17H17NO5. The number of hydrogen-bond donors (Lipinski definition) is 1. The molecule has 2 aromatic rings. The molecule has 23 heavy (non-hydrogen) atoms. The maximum atomic E-state index is 12.7. The second-order valence-electron chi connectivity index (χ2n) is 5.37. The smallest absolute Gasteiger partial charge is 0.328 e. The van der Waals surface area contributed by atoms with Crippen LogP contribution in [-0.2, 0) is 9.53 Å². The van der Waals surface area contributed by atoms with Gasteiger partial charge in [-0.05, 0) is 13.0 Å². The van der Waals surface area contributed by atoms with Crippen LogP contribution in [0.25, 0.3) is 11.3 Å². The monoisotopic (exact) mass is 315 g/mol. The number of amides is 1. The number of hydrogen-bond acceptors (Lipinski definition) is 4. The number of benzene rings is 1. The first kappa shape index (κ1) is 15.3. The minimum absolute atomic E-state index is 0.00349. The highest BCUT2D eigenvalue weighted by Gasteiger charge is 2.34. The Labute approximate surface area is 133 Å². The maximum Gasteiger partial charge on any atom is 0.328 e. The number of carbonyl (C=O) groups is 2. The Kier molecular flexibility index (Phi) is 4.16. The molecule has 2 heterocycles. The second-order valence-corrected chi connectivity index (χ2v) is 5.37. The first-order chi connectivity index (χ1) is 11.1. The second kappa shape index (κ2) is 6.26. The first-order valence-corrected chi connectivity index (χ1v) is 7.35. The van der Waals surface area contributed by atoms with E-state index in [0.717, 1.165) is 5.56 Å². The Morgan fingerprint density at radius 1 is 1.26 bits per heavy atom. The zero-order valence-electron chi connectivity index (χ0n) is 12.7. The van der Waals surface area contributed by atoms with Crippen LogP contribution in [0.3, 0.4) is 0 Å². The molecule has 0 radical (unpaired) electrons. The average molecular weight is 315 g/mol. The third-order valence-electron chi connectivity index (χ3n) is 3.88. The summed E-state index contributed by atoms with van der Waals surface area (Å²) in [6.07, 6.45) is 0. The quantitative estimate of drug-likeness (QED) is 0.939. The van der Waals surface area contributed by atoms with Gasteiger partial charge in [0, 0.05) is 12.1 Å². The molecule has 1 fully saturated rings. The number of aliphatic carboxylic acids is 1. The molecule has 3 rings (SSSR count). The van der Waals surface area contributed by atoms with E-state index in [1.54, 1.807) is 13.0 Å². The van der Waals surface area contributed by atoms with E-state index in [-0.39, 0.29) is 19.1 Å². The molecule has 1 N–H and O–H groups in total. The van der Waals surface area contributed by atoms with Crippen LogP contribution in [0.5, 0.6) is 0 Å². The molecule has 0 spiro atoms. The summed E-state index contributed by atoms with van der Waals surface area (Å²) in [5.41, 5.74) is 1.25. The molecule has 1 saturated heterocycles. The molecule has 0 aliphatic carbocycles. The van der Waals surface area contributed by atoms with Gasteiger partial charge in [-0.2, -0.15) is 0 Å². The van der Waals surface area contributed by atoms with E-state index in [0.29, 0.717) is 23.7 Å². The van der Waals surface area contributed by atoms with E-state index < -0.39 is 12.0 Å². The number of morpholine rings is 1. The predicted molar refractivity (Wildman–Crippen MR) is 82.2 cm³/mol. The van der Waals surface area contributed by atoms with Gasteiger partial charge in [-0.3, -0.25) is 4.79 Å². The van der Waals surface area contributed by atoms with Crippen LogP contribution in [0.4, 0.5) is 0 Å². The van der Waals surface area contributed by atoms with Crippen molar-refractivity contribution in [2.24, 2.45) is 0 Å². The Morgan fingerprint density at radius 2 is 2.00 bits per heavy atom. The molecule has 1 aliphatic rings. The molecule has 6 nitrogen and oxygen atoms in total. The molecule has 120 valence electrons. The van der Waals surface area contributed by atoms with Gasteiger partial charge >= 0.3 is 5.97 Å². The van der Waals surface area contributed by atoms with Gasteiger partial charge in [0.15, 0.2) is 6.04 Å². The fourth-order valence-electron chi connectivity index (χ4n) is 2.65. The summed E-state index contributed by atoms with van der Waals surface area (Å²) in [6, 6.07) is 10.2. The number of carboxylic acid groups (broad SMARTS) is 1. The largest absolute Gasteiger partial charge is 0.480 e. The molecule has 1 aromatic heterocycles. The van der Waals surface area contributed by atoms with Crippen molar-refractivity contribution in [2.75, 3.05) is 19.8 Å². The van der Waals surface area contributed by atoms with E-state index in [4.69, 9.17) is 9.15 Å². The highest BCUT2D eigenvalue weighted by Crippen LogP contribution is 2.27. The Bertz CT molecular complexity index is 722. The maximum absolute atomic E-state index is 12.7. The van der Waals surface area contributed by atoms with E-state index in [9.17, 15) is 14.7 Å². The van der Waals surface area contributed by atoms with Crippen molar-refractivity contribution < 1.29 is 23.8 Å². The molecule has 0 bridgehead atoms. The van der Waals surface area contributed by atoms with Crippen molar-refractivity contribution >= 4 is 11.9 Å². The van der Waals surface area contributed by atoms with Gasteiger partial charge in [0.2, 0.25) is 0 Å². The summed E-state index contributed by atoms with van der Waals surface area (Å²) in [5, 5.41) is 9.26. The van der Waals surface area contributed by atoms with Crippen LogP contribution in [0, 0.1) is 6.92 Å². The minimum atomic E-state index is -1.07. The lowest BCUT2D eigenvalue weighted by Gasteiger charge is -2.32. The lowest BCUT2D eigenvalue weighted by atomic mass is 10.1. The van der Waals surface area contributed by atoms with E-state index in [1.165, 1.54) is 4.90 Å². The summed E-state index contributed by atoms with van der Waals surface area (Å²) >= 11 is 0. The fraction of sp³-hybridized carbons (Fsp3) is 0.294. The van der Waals surface area contributed by atoms with Crippen molar-refractivity contribution in [3.05, 3.63) is 47.7 Å². The highest BCUT2D eigenvalue weighted by molar-refractivity contribution is 5.98. The zero-order valence-corrected chi connectivity index (χ0v) is 12.7. The van der Waals surface area contributed by atoms with E-state index in [2.05, 4.69) is 0 Å². The topological polar surface area (TPSA) is 80.0 Å². The van der Waals surface area contributed by atoms with Gasteiger partial charge in [-0.25, -0.2) is 4.79 Å². The normalized spacial score (nSPS) is 18.0. The van der Waals surface area contributed by atoms with Gasteiger partial charge < -0.3 is 19.2 Å². The van der Waals surface area contributed by atoms with Gasteiger partial charge in [0.05, 0.1) is 18.8 Å². The lowest BCUT2D eigenvalue weighted by molar-refractivity contribution is -0.147. The number of carboxylic acids is 1. The third-order valence-corrected chi connectivity index (χ3v) is 3.88. The van der Waals surface area contributed by atoms with Crippen LogP contribution < -0.4 is 0 Å². The number of nitrogens with zero attached hydrogens (tertiary/aromatic N) is 1. The van der Waals surface area contributed by atoms with Crippen LogP contribution in [0.15, 0.2) is 40.8 Å². The SMILES string of the molecule is Cc1oc(-c2ccccc2)cc1C(=O)N1CCOCC1C(=O)O. The highest BCUT2D eigenvalue weighted by atomic mass is 16.5. The molecular weight excluding hydrogens is 298 g/mol. The minimum Gasteiger partial charge on any atom is -0.480 e. The van der Waals surface area contributed by atoms with Crippen molar-refractivity contribution in [2.45, 2.75) is 13.0 Å². The third kappa shape index (κ3) is 2.98. The molecule has 1 atom stereocenters. The van der Waals surface area contributed by atoms with Crippen LogP contribution in [-0.4, -0.2) is 47.7 Å². The Balaban J connectivity index is 1.90. The van der Waals surface area contributed by atoms with Crippen molar-refractivity contribution in [1.29, 1.82) is 0 Å². The zero-order chi connectivity index (χ0) is 16.4. The summed E-state index contributed by atoms with van der Waals surface area (Å²) in [6.45, 7) is 2.29. The standard InChI is InChI=1S/C17H17NO5/c1-11-13(9-15(23-11)12-5-3-2-4-6-12)16(19)18-7-8-22-10-14(18)17(20)21/h2-6,9,14H,7-8,10H2,1H3,(H,20,21). The summed E-state index contributed by atoms with van der Waals surface area (Å²) in [7, 11) is 0. The van der Waals surface area contributed by atoms with E-state index >= 15 is 0 Å². The fourth-order valence-corrected chi connectivity index (χ4v) is 2.65. The van der Waals surface area contributed by atoms with Crippen molar-refractivity contribution in [1.82, 2.24) is 4.90 Å². The summed E-state index contributed by atoms with van der Waals surface area (Å²) in [5.74, 6) is -0.345. The molecule has 1 amide bonds. The lowest BCUT2D eigenvalue weighted by Crippen LogP contribution is -2.52. The van der Waals surface area contributed by atoms with Crippen molar-refractivity contribution in [3.63, 3.8) is 0 Å². The average Bonchev–Trinajstić information content (AvgIpc) is 2.97. The first-order valence-electron chi connectivity index (χ1n) is 7.35. The number of aryl methyl sites for hydroxylation is 1. The number of furan rings is 1. The molecule has 6 heteroatoms. The molecule has 0 saturated carbocycles. The molecule has 1 aromatic carbocycles. The Morgan fingerprint density at radius 3 is 2.70 bits per heavy atom. The van der Waals surface area contributed by atoms with Gasteiger partial charge in [-0.15, -0.1) is 0 Å². The predicted octanol–water partition coefficient (Wildman–Crippen LogP) is 2.18. The summed E-state index contributed by atoms with van der Waals surface area (Å²) in [4.78, 5) is 25.4. The van der Waals surface area contributed by atoms with Crippen LogP contribution in [0.2, 0.25) is 0 Å². The molecule has 1 unspecified atom stereocenters. The van der Waals surface area contributed by atoms with E-state index in [1.807, 2.05) is 30.3 Å². The van der Waals surface area contributed by atoms with Crippen molar-refractivity contribution in [3.8, 4) is 11.3 Å². The number of rotatable bonds is 3. The van der Waals surface area contributed by atoms with Gasteiger partial charge in [0.1, 0.15) is 11.5 Å². The number of ether oxygens (including phenoxy) is 1. The van der Waals surface area contributed by atoms with Gasteiger partial charge in [-0.1, -0.05) is 30.3 Å². The van der Waals surface area contributed by atoms with Crippen LogP contribution >= 0.6 is 0 Å². The molecule has 1 aliphatic heterocycles. The number of carbonyl (C=O) groups excluding carboxylic acids is 1. The summed E-state index contributed by atoms with van der Waals surface area (Å²) < 4.78 is 10.8.